The predicted octanol–water partition coefficient (Wildman–Crippen LogP) is 2.76. The van der Waals surface area contributed by atoms with E-state index in [9.17, 15) is 9.59 Å². The zero-order valence-corrected chi connectivity index (χ0v) is 15.3. The van der Waals surface area contributed by atoms with Gasteiger partial charge in [0, 0.05) is 11.6 Å². The lowest BCUT2D eigenvalue weighted by atomic mass is 10.1. The average molecular weight is 378 g/mol. The minimum Gasteiger partial charge on any atom is -0.493 e. The molecule has 0 unspecified atom stereocenters. The summed E-state index contributed by atoms with van der Waals surface area (Å²) in [7, 11) is 3.05. The van der Waals surface area contributed by atoms with Crippen LogP contribution >= 0.6 is 11.6 Å². The molecule has 0 bridgehead atoms. The molecule has 1 amide bonds. The van der Waals surface area contributed by atoms with E-state index in [1.54, 1.807) is 36.4 Å². The van der Waals surface area contributed by atoms with Crippen LogP contribution in [0.2, 0.25) is 5.02 Å². The lowest BCUT2D eigenvalue weighted by Crippen LogP contribution is -2.28. The minimum absolute atomic E-state index is 0.0297. The Kier molecular flexibility index (Phi) is 7.29. The number of halogens is 1. The fourth-order valence-electron chi connectivity index (χ4n) is 2.25. The Hall–Kier alpha value is -2.73. The van der Waals surface area contributed by atoms with Crippen molar-refractivity contribution in [1.29, 1.82) is 0 Å². The monoisotopic (exact) mass is 377 g/mol. The maximum absolute atomic E-state index is 11.9. The molecule has 0 aliphatic rings. The van der Waals surface area contributed by atoms with Gasteiger partial charge in [0.1, 0.15) is 0 Å². The number of methoxy groups -OCH3 is 2. The van der Waals surface area contributed by atoms with Crippen molar-refractivity contribution >= 4 is 23.5 Å². The van der Waals surface area contributed by atoms with E-state index in [1.165, 1.54) is 14.2 Å². The van der Waals surface area contributed by atoms with Crippen LogP contribution in [0, 0.1) is 0 Å². The highest BCUT2D eigenvalue weighted by Crippen LogP contribution is 2.27. The topological polar surface area (TPSA) is 73.9 Å². The number of esters is 1. The van der Waals surface area contributed by atoms with Gasteiger partial charge in [0.2, 0.25) is 0 Å². The van der Waals surface area contributed by atoms with E-state index in [4.69, 9.17) is 25.8 Å². The maximum atomic E-state index is 11.9. The van der Waals surface area contributed by atoms with Crippen LogP contribution in [-0.4, -0.2) is 32.7 Å². The molecule has 2 rings (SSSR count). The summed E-state index contributed by atoms with van der Waals surface area (Å²) in [6.07, 6.45) is 0.0297. The van der Waals surface area contributed by atoms with Gasteiger partial charge in [-0.05, 0) is 35.4 Å². The smallest absolute Gasteiger partial charge is 0.310 e. The number of carbonyl (C=O) groups excluding carboxylic acids is 2. The number of hydrogen-bond acceptors (Lipinski definition) is 5. The van der Waals surface area contributed by atoms with E-state index in [0.717, 1.165) is 5.56 Å². The van der Waals surface area contributed by atoms with E-state index in [1.807, 2.05) is 6.07 Å². The molecule has 0 aliphatic heterocycles. The van der Waals surface area contributed by atoms with Gasteiger partial charge in [-0.1, -0.05) is 29.8 Å². The summed E-state index contributed by atoms with van der Waals surface area (Å²) in [4.78, 5) is 23.7. The van der Waals surface area contributed by atoms with Crippen LogP contribution in [0.1, 0.15) is 11.1 Å². The molecule has 2 aromatic rings. The van der Waals surface area contributed by atoms with Gasteiger partial charge < -0.3 is 19.5 Å². The number of rotatable bonds is 8. The van der Waals surface area contributed by atoms with E-state index in [-0.39, 0.29) is 18.9 Å². The molecule has 138 valence electrons. The molecular formula is C19H20ClNO5. The maximum Gasteiger partial charge on any atom is 0.310 e. The first-order chi connectivity index (χ1) is 12.5. The van der Waals surface area contributed by atoms with Crippen molar-refractivity contribution in [1.82, 2.24) is 5.32 Å². The highest BCUT2D eigenvalue weighted by atomic mass is 35.5. The first-order valence-electron chi connectivity index (χ1n) is 7.89. The average Bonchev–Trinajstić information content (AvgIpc) is 2.64. The SMILES string of the molecule is COc1ccc(CC(=O)OCC(=O)NCc2cccc(Cl)c2)cc1OC. The Balaban J connectivity index is 1.78. The van der Waals surface area contributed by atoms with Crippen LogP contribution in [-0.2, 0) is 27.3 Å². The van der Waals surface area contributed by atoms with Crippen molar-refractivity contribution in [3.63, 3.8) is 0 Å². The third-order valence-electron chi connectivity index (χ3n) is 3.54. The fourth-order valence-corrected chi connectivity index (χ4v) is 2.47. The van der Waals surface area contributed by atoms with Gasteiger partial charge in [0.05, 0.1) is 20.6 Å². The summed E-state index contributed by atoms with van der Waals surface area (Å²) in [5.74, 6) is 0.211. The molecule has 0 atom stereocenters. The summed E-state index contributed by atoms with van der Waals surface area (Å²) in [5, 5.41) is 3.26. The molecule has 0 radical (unpaired) electrons. The van der Waals surface area contributed by atoms with Crippen molar-refractivity contribution in [3.05, 3.63) is 58.6 Å². The molecule has 0 fully saturated rings. The zero-order chi connectivity index (χ0) is 18.9. The molecule has 0 heterocycles. The lowest BCUT2D eigenvalue weighted by molar-refractivity contribution is -0.147. The number of nitrogens with one attached hydrogen (secondary N) is 1. The molecule has 0 saturated carbocycles. The van der Waals surface area contributed by atoms with E-state index in [2.05, 4.69) is 5.32 Å². The van der Waals surface area contributed by atoms with Crippen LogP contribution < -0.4 is 14.8 Å². The van der Waals surface area contributed by atoms with E-state index >= 15 is 0 Å². The molecule has 2 aromatic carbocycles. The molecular weight excluding hydrogens is 358 g/mol. The molecule has 6 nitrogen and oxygen atoms in total. The van der Waals surface area contributed by atoms with Gasteiger partial charge in [-0.3, -0.25) is 9.59 Å². The summed E-state index contributed by atoms with van der Waals surface area (Å²) < 4.78 is 15.3. The first-order valence-corrected chi connectivity index (χ1v) is 8.27. The number of hydrogen-bond donors (Lipinski definition) is 1. The summed E-state index contributed by atoms with van der Waals surface area (Å²) in [6, 6.07) is 12.3. The summed E-state index contributed by atoms with van der Waals surface area (Å²) >= 11 is 5.88. The second kappa shape index (κ2) is 9.68. The highest BCUT2D eigenvalue weighted by molar-refractivity contribution is 6.30. The van der Waals surface area contributed by atoms with E-state index in [0.29, 0.717) is 28.6 Å². The predicted molar refractivity (Wildman–Crippen MR) is 97.5 cm³/mol. The van der Waals surface area contributed by atoms with Gasteiger partial charge in [0.25, 0.3) is 5.91 Å². The van der Waals surface area contributed by atoms with Gasteiger partial charge >= 0.3 is 5.97 Å². The van der Waals surface area contributed by atoms with Crippen molar-refractivity contribution < 1.29 is 23.8 Å². The fraction of sp³-hybridized carbons (Fsp3) is 0.263. The van der Waals surface area contributed by atoms with Crippen molar-refractivity contribution in [2.45, 2.75) is 13.0 Å². The normalized spacial score (nSPS) is 10.1. The highest BCUT2D eigenvalue weighted by Gasteiger charge is 2.11. The molecule has 0 aliphatic carbocycles. The van der Waals surface area contributed by atoms with Crippen LogP contribution in [0.5, 0.6) is 11.5 Å². The van der Waals surface area contributed by atoms with Crippen LogP contribution in [0.15, 0.2) is 42.5 Å². The van der Waals surface area contributed by atoms with Crippen LogP contribution in [0.25, 0.3) is 0 Å². The van der Waals surface area contributed by atoms with Gasteiger partial charge in [-0.2, -0.15) is 0 Å². The Labute approximate surface area is 157 Å². The largest absolute Gasteiger partial charge is 0.493 e. The van der Waals surface area contributed by atoms with Crippen LogP contribution in [0.3, 0.4) is 0 Å². The molecule has 7 heteroatoms. The first kappa shape index (κ1) is 19.6. The van der Waals surface area contributed by atoms with Gasteiger partial charge in [-0.15, -0.1) is 0 Å². The Morgan fingerprint density at radius 2 is 1.77 bits per heavy atom. The van der Waals surface area contributed by atoms with Crippen molar-refractivity contribution in [2.75, 3.05) is 20.8 Å². The van der Waals surface area contributed by atoms with Crippen molar-refractivity contribution in [3.8, 4) is 11.5 Å². The van der Waals surface area contributed by atoms with Crippen molar-refractivity contribution in [2.24, 2.45) is 0 Å². The molecule has 0 aromatic heterocycles. The Morgan fingerprint density at radius 1 is 1.00 bits per heavy atom. The molecule has 1 N–H and O–H groups in total. The Bertz CT molecular complexity index is 778. The number of ether oxygens (including phenoxy) is 3. The molecule has 0 saturated heterocycles. The number of benzene rings is 2. The standard InChI is InChI=1S/C19H20ClNO5/c1-24-16-7-6-13(9-17(16)25-2)10-19(23)26-12-18(22)21-11-14-4-3-5-15(20)8-14/h3-9H,10-12H2,1-2H3,(H,21,22). The molecule has 0 spiro atoms. The summed E-state index contributed by atoms with van der Waals surface area (Å²) in [6.45, 7) is -0.0285. The lowest BCUT2D eigenvalue weighted by Gasteiger charge is -2.10. The number of amides is 1. The summed E-state index contributed by atoms with van der Waals surface area (Å²) in [5.41, 5.74) is 1.56. The van der Waals surface area contributed by atoms with E-state index < -0.39 is 5.97 Å². The third kappa shape index (κ3) is 5.97. The minimum atomic E-state index is -0.505. The quantitative estimate of drug-likeness (QED) is 0.716. The third-order valence-corrected chi connectivity index (χ3v) is 3.77. The number of carbonyl (C=O) groups is 2. The second-order valence-electron chi connectivity index (χ2n) is 5.43. The zero-order valence-electron chi connectivity index (χ0n) is 14.6. The molecule has 26 heavy (non-hydrogen) atoms. The van der Waals surface area contributed by atoms with Gasteiger partial charge in [0.15, 0.2) is 18.1 Å². The Morgan fingerprint density at radius 3 is 2.46 bits per heavy atom. The second-order valence-corrected chi connectivity index (χ2v) is 5.87. The van der Waals surface area contributed by atoms with Gasteiger partial charge in [-0.25, -0.2) is 0 Å². The van der Waals surface area contributed by atoms with Crippen LogP contribution in [0.4, 0.5) is 0 Å².